The van der Waals surface area contributed by atoms with Gasteiger partial charge in [0, 0.05) is 29.8 Å². The van der Waals surface area contributed by atoms with Crippen molar-refractivity contribution in [2.45, 2.75) is 5.16 Å². The summed E-state index contributed by atoms with van der Waals surface area (Å²) in [4.78, 5) is 25.2. The van der Waals surface area contributed by atoms with Crippen LogP contribution in [0.5, 0.6) is 17.2 Å². The lowest BCUT2D eigenvalue weighted by Gasteiger charge is -2.08. The molecular weight excluding hydrogens is 434 g/mol. The fraction of sp³-hybridized carbons (Fsp3) is 0.143. The molecular formula is C21H17N5O5S. The van der Waals surface area contributed by atoms with E-state index < -0.39 is 0 Å². The van der Waals surface area contributed by atoms with E-state index in [1.807, 2.05) is 0 Å². The second-order valence-corrected chi connectivity index (χ2v) is 7.69. The van der Waals surface area contributed by atoms with Crippen LogP contribution in [-0.4, -0.2) is 44.7 Å². The molecule has 1 aliphatic rings. The number of benzene rings is 2. The lowest BCUT2D eigenvalue weighted by Crippen LogP contribution is -2.20. The number of hydrogen-bond acceptors (Lipinski definition) is 8. The molecule has 0 atom stereocenters. The maximum atomic E-state index is 12.9. The van der Waals surface area contributed by atoms with Gasteiger partial charge in [-0.25, -0.2) is 0 Å². The number of ether oxygens (including phenoxy) is 3. The summed E-state index contributed by atoms with van der Waals surface area (Å²) < 4.78 is 18.8. The highest BCUT2D eigenvalue weighted by Crippen LogP contribution is 2.34. The van der Waals surface area contributed by atoms with E-state index in [1.165, 1.54) is 16.3 Å². The highest BCUT2D eigenvalue weighted by atomic mass is 32.2. The lowest BCUT2D eigenvalue weighted by molar-refractivity contribution is -0.113. The largest absolute Gasteiger partial charge is 0.497 e. The average molecular weight is 451 g/mol. The van der Waals surface area contributed by atoms with Crippen LogP contribution < -0.4 is 25.1 Å². The van der Waals surface area contributed by atoms with Crippen LogP contribution in [0.15, 0.2) is 64.8 Å². The highest BCUT2D eigenvalue weighted by molar-refractivity contribution is 7.99. The molecule has 2 aromatic carbocycles. The van der Waals surface area contributed by atoms with Gasteiger partial charge < -0.3 is 19.5 Å². The van der Waals surface area contributed by atoms with Crippen LogP contribution in [0.1, 0.15) is 0 Å². The van der Waals surface area contributed by atoms with Crippen LogP contribution >= 0.6 is 11.8 Å². The minimum Gasteiger partial charge on any atom is -0.497 e. The number of aromatic nitrogens is 4. The van der Waals surface area contributed by atoms with Crippen LogP contribution in [-0.2, 0) is 4.79 Å². The summed E-state index contributed by atoms with van der Waals surface area (Å²) in [6, 6.07) is 12.3. The van der Waals surface area contributed by atoms with Crippen LogP contribution in [0.2, 0.25) is 0 Å². The molecule has 32 heavy (non-hydrogen) atoms. The second-order valence-electron chi connectivity index (χ2n) is 6.75. The summed E-state index contributed by atoms with van der Waals surface area (Å²) >= 11 is 1.18. The second kappa shape index (κ2) is 8.27. The van der Waals surface area contributed by atoms with Gasteiger partial charge in [-0.3, -0.25) is 18.6 Å². The number of nitrogens with one attached hydrogen (secondary N) is 1. The molecule has 11 heteroatoms. The maximum Gasteiger partial charge on any atom is 0.300 e. The van der Waals surface area contributed by atoms with Gasteiger partial charge >= 0.3 is 5.56 Å². The molecule has 3 heterocycles. The van der Waals surface area contributed by atoms with E-state index in [4.69, 9.17) is 14.2 Å². The van der Waals surface area contributed by atoms with E-state index in [0.29, 0.717) is 33.8 Å². The Morgan fingerprint density at radius 1 is 1.12 bits per heavy atom. The van der Waals surface area contributed by atoms with Gasteiger partial charge in [0.15, 0.2) is 16.7 Å². The smallest absolute Gasteiger partial charge is 0.300 e. The van der Waals surface area contributed by atoms with Crippen LogP contribution in [0.4, 0.5) is 5.69 Å². The van der Waals surface area contributed by atoms with Crippen LogP contribution in [0, 0.1) is 0 Å². The molecule has 0 bridgehead atoms. The van der Waals surface area contributed by atoms with Crippen LogP contribution in [0.25, 0.3) is 11.3 Å². The van der Waals surface area contributed by atoms with Crippen molar-refractivity contribution in [3.63, 3.8) is 0 Å². The van der Waals surface area contributed by atoms with E-state index >= 15 is 0 Å². The number of nitrogens with zero attached hydrogens (tertiary/aromatic N) is 4. The van der Waals surface area contributed by atoms with Crippen molar-refractivity contribution in [3.05, 3.63) is 65.2 Å². The molecule has 1 N–H and O–H groups in total. The van der Waals surface area contributed by atoms with E-state index in [1.54, 1.807) is 66.4 Å². The van der Waals surface area contributed by atoms with Crippen molar-refractivity contribution < 1.29 is 19.0 Å². The van der Waals surface area contributed by atoms with Gasteiger partial charge in [0.2, 0.25) is 18.3 Å². The number of fused-ring (bicyclic) bond motifs is 2. The summed E-state index contributed by atoms with van der Waals surface area (Å²) in [5.41, 5.74) is 1.13. The molecule has 1 aliphatic heterocycles. The lowest BCUT2D eigenvalue weighted by atomic mass is 10.3. The van der Waals surface area contributed by atoms with Crippen LogP contribution in [0.3, 0.4) is 0 Å². The van der Waals surface area contributed by atoms with Gasteiger partial charge in [0.25, 0.3) is 0 Å². The Kier molecular flexibility index (Phi) is 5.15. The van der Waals surface area contributed by atoms with Gasteiger partial charge in [-0.1, -0.05) is 11.8 Å². The molecule has 0 spiro atoms. The van der Waals surface area contributed by atoms with Crippen molar-refractivity contribution in [1.82, 2.24) is 19.2 Å². The number of rotatable bonds is 6. The quantitative estimate of drug-likeness (QED) is 0.445. The van der Waals surface area contributed by atoms with E-state index in [9.17, 15) is 9.59 Å². The third kappa shape index (κ3) is 3.73. The molecule has 0 fully saturated rings. The Bertz CT molecular complexity index is 1370. The first-order chi connectivity index (χ1) is 15.6. The normalized spacial score (nSPS) is 12.2. The highest BCUT2D eigenvalue weighted by Gasteiger charge is 2.16. The summed E-state index contributed by atoms with van der Waals surface area (Å²) in [5, 5.41) is 11.3. The first-order valence-electron chi connectivity index (χ1n) is 9.55. The zero-order valence-electron chi connectivity index (χ0n) is 16.8. The van der Waals surface area contributed by atoms with E-state index in [0.717, 1.165) is 0 Å². The number of anilines is 1. The third-order valence-corrected chi connectivity index (χ3v) is 5.72. The number of thioether (sulfide) groups is 1. The first-order valence-corrected chi connectivity index (χ1v) is 10.5. The average Bonchev–Trinajstić information content (AvgIpc) is 3.45. The predicted octanol–water partition coefficient (Wildman–Crippen LogP) is 2.35. The Labute approximate surface area is 185 Å². The number of carbonyl (C=O) groups is 1. The molecule has 1 amide bonds. The Morgan fingerprint density at radius 2 is 1.94 bits per heavy atom. The minimum atomic E-state index is -0.318. The maximum absolute atomic E-state index is 12.9. The van der Waals surface area contributed by atoms with E-state index in [-0.39, 0.29) is 29.7 Å². The topological polar surface area (TPSA) is 109 Å². The molecule has 5 rings (SSSR count). The standard InChI is InChI=1S/C21H17N5O5S/c1-29-15-5-3-14(4-6-15)25-8-9-26-19(20(25)28)23-24-21(26)32-11-18(27)22-13-2-7-16-17(10-13)31-12-30-16/h2-10H,11-12H2,1H3,(H,22,27). The van der Waals surface area contributed by atoms with Crippen molar-refractivity contribution >= 4 is 29.0 Å². The van der Waals surface area contributed by atoms with Crippen molar-refractivity contribution in [2.24, 2.45) is 0 Å². The van der Waals surface area contributed by atoms with Crippen molar-refractivity contribution in [2.75, 3.05) is 25.0 Å². The number of hydrogen-bond donors (Lipinski definition) is 1. The van der Waals surface area contributed by atoms with Crippen molar-refractivity contribution in [1.29, 1.82) is 0 Å². The molecule has 0 saturated carbocycles. The number of methoxy groups -OCH3 is 1. The molecule has 0 unspecified atom stereocenters. The summed E-state index contributed by atoms with van der Waals surface area (Å²) in [6.07, 6.45) is 3.33. The molecule has 0 radical (unpaired) electrons. The monoisotopic (exact) mass is 451 g/mol. The molecule has 2 aromatic heterocycles. The minimum absolute atomic E-state index is 0.0940. The number of carbonyl (C=O) groups excluding carboxylic acids is 1. The van der Waals surface area contributed by atoms with Gasteiger partial charge in [0.05, 0.1) is 12.9 Å². The molecule has 10 nitrogen and oxygen atoms in total. The molecule has 162 valence electrons. The third-order valence-electron chi connectivity index (χ3n) is 4.78. The SMILES string of the molecule is COc1ccc(-n2ccn3c(SCC(=O)Nc4ccc5c(c4)OCO5)nnc3c2=O)cc1. The fourth-order valence-electron chi connectivity index (χ4n) is 3.21. The molecule has 0 aliphatic carbocycles. The van der Waals surface area contributed by atoms with Gasteiger partial charge in [0.1, 0.15) is 5.75 Å². The van der Waals surface area contributed by atoms with E-state index in [2.05, 4.69) is 15.5 Å². The van der Waals surface area contributed by atoms with Gasteiger partial charge in [-0.05, 0) is 36.4 Å². The fourth-order valence-corrected chi connectivity index (χ4v) is 3.93. The summed E-state index contributed by atoms with van der Waals surface area (Å²) in [7, 11) is 1.58. The summed E-state index contributed by atoms with van der Waals surface area (Å²) in [5.74, 6) is 1.80. The molecule has 0 saturated heterocycles. The van der Waals surface area contributed by atoms with Gasteiger partial charge in [-0.2, -0.15) is 0 Å². The Hall–Kier alpha value is -3.99. The summed E-state index contributed by atoms with van der Waals surface area (Å²) in [6.45, 7) is 0.169. The predicted molar refractivity (Wildman–Crippen MR) is 117 cm³/mol. The number of amides is 1. The first kappa shape index (κ1) is 19.9. The Balaban J connectivity index is 1.30. The molecule has 4 aromatic rings. The zero-order valence-corrected chi connectivity index (χ0v) is 17.7. The Morgan fingerprint density at radius 3 is 2.75 bits per heavy atom. The van der Waals surface area contributed by atoms with Gasteiger partial charge in [-0.15, -0.1) is 10.2 Å². The zero-order chi connectivity index (χ0) is 22.1. The van der Waals surface area contributed by atoms with Crippen molar-refractivity contribution in [3.8, 4) is 22.9 Å².